The van der Waals surface area contributed by atoms with Gasteiger partial charge in [-0.15, -0.1) is 0 Å². The molecule has 0 radical (unpaired) electrons. The lowest BCUT2D eigenvalue weighted by atomic mass is 9.90. The van der Waals surface area contributed by atoms with Gasteiger partial charge >= 0.3 is 0 Å². The fraction of sp³-hybridized carbons (Fsp3) is 0.231. The van der Waals surface area contributed by atoms with Gasteiger partial charge in [-0.25, -0.2) is 0 Å². The van der Waals surface area contributed by atoms with Crippen molar-refractivity contribution in [2.45, 2.75) is 83.1 Å². The van der Waals surface area contributed by atoms with Gasteiger partial charge in [0.1, 0.15) is 0 Å². The Morgan fingerprint density at radius 2 is 0.533 bits per heavy atom. The maximum absolute atomic E-state index is 13.4. The third kappa shape index (κ3) is 9.47. The molecule has 6 aromatic rings. The molecule has 0 spiro atoms. The molecule has 0 heterocycles. The second kappa shape index (κ2) is 18.6. The fourth-order valence-electron chi connectivity index (χ4n) is 8.59. The van der Waals surface area contributed by atoms with Gasteiger partial charge in [-0.3, -0.25) is 28.3 Å². The molecule has 0 aliphatic heterocycles. The van der Waals surface area contributed by atoms with Crippen LogP contribution in [0.4, 0.5) is 0 Å². The number of hydrogen-bond acceptors (Lipinski definition) is 6. The Morgan fingerprint density at radius 1 is 0.317 bits per heavy atom. The van der Waals surface area contributed by atoms with E-state index in [-0.39, 0.29) is 40.1 Å². The smallest absolute Gasteiger partial charge is 0.194 e. The van der Waals surface area contributed by atoms with Gasteiger partial charge in [-0.2, -0.15) is 0 Å². The summed E-state index contributed by atoms with van der Waals surface area (Å²) in [6.07, 6.45) is 0. The van der Waals surface area contributed by atoms with Gasteiger partial charge in [0, 0.05) is 44.5 Å². The van der Waals surface area contributed by atoms with E-state index in [1.807, 2.05) is 132 Å². The summed E-state index contributed by atoms with van der Waals surface area (Å²) in [4.78, 5) is 53.4. The molecule has 304 valence electrons. The Kier molecular flexibility index (Phi) is 14.1. The molecule has 0 N–H and O–H groups in total. The van der Waals surface area contributed by atoms with Crippen molar-refractivity contribution in [3.8, 4) is 0 Å². The lowest BCUT2D eigenvalue weighted by molar-refractivity contribution is 0.102. The minimum atomic E-state index is -0.249. The van der Waals surface area contributed by atoms with Crippen LogP contribution in [0.3, 0.4) is 0 Å². The molecule has 0 bridgehead atoms. The average Bonchev–Trinajstić information content (AvgIpc) is 3.15. The molecule has 8 heteroatoms. The Morgan fingerprint density at radius 3 is 0.750 bits per heavy atom. The third-order valence-electron chi connectivity index (χ3n) is 10.8. The summed E-state index contributed by atoms with van der Waals surface area (Å²) in [5.41, 5.74) is 15.4. The van der Waals surface area contributed by atoms with Gasteiger partial charge in [-0.05, 0) is 164 Å². The van der Waals surface area contributed by atoms with Crippen LogP contribution < -0.4 is 10.6 Å². The first-order chi connectivity index (χ1) is 28.3. The van der Waals surface area contributed by atoms with Crippen LogP contribution in [0.2, 0.25) is 0 Å². The molecule has 0 fully saturated rings. The van der Waals surface area contributed by atoms with Crippen molar-refractivity contribution in [2.75, 3.05) is 0 Å². The fourth-order valence-corrected chi connectivity index (χ4v) is 9.39. The van der Waals surface area contributed by atoms with E-state index in [0.29, 0.717) is 55.1 Å². The van der Waals surface area contributed by atoms with Crippen LogP contribution in [-0.4, -0.2) is 23.1 Å². The molecule has 0 atom stereocenters. The van der Waals surface area contributed by atoms with E-state index < -0.39 is 0 Å². The van der Waals surface area contributed by atoms with Gasteiger partial charge in [0.2, 0.25) is 0 Å². The Labute approximate surface area is 356 Å². The van der Waals surface area contributed by atoms with Crippen molar-refractivity contribution >= 4 is 50.7 Å². The summed E-state index contributed by atoms with van der Waals surface area (Å²) in [6, 6.07) is 25.4. The highest BCUT2D eigenvalue weighted by Gasteiger charge is 2.24. The monoisotopic (exact) mass is 832 g/mol. The van der Waals surface area contributed by atoms with Gasteiger partial charge in [-0.1, -0.05) is 70.8 Å². The van der Waals surface area contributed by atoms with Crippen LogP contribution in [0, 0.1) is 83.1 Å². The Hall–Kier alpha value is -5.80. The molecule has 0 aromatic heterocycles. The first-order valence-electron chi connectivity index (χ1n) is 19.7. The highest BCUT2D eigenvalue weighted by atomic mass is 31.1. The molecule has 60 heavy (non-hydrogen) atoms. The lowest BCUT2D eigenvalue weighted by Crippen LogP contribution is -2.17. The zero-order valence-corrected chi connectivity index (χ0v) is 38.2. The quantitative estimate of drug-likeness (QED) is 0.101. The second-order valence-electron chi connectivity index (χ2n) is 16.1. The number of ketones is 4. The topological polar surface area (TPSA) is 102 Å². The normalized spacial score (nSPS) is 11.0. The molecule has 0 aliphatic carbocycles. The number of carbonyl (C=O) groups is 4. The number of carbonyl (C=O) groups excluding carboxylic acids is 4. The standard InChI is InChI=1S/2C26H25O3P/c2*1-14-9-16(3)23(17(4)10-14)25(27)20-7-8-22(30-29)21(13-20)26(28)24-18(5)11-15(2)12-19(24)6/h2*7-13H,1-6H3. The molecule has 0 saturated heterocycles. The number of rotatable bonds is 10. The summed E-state index contributed by atoms with van der Waals surface area (Å²) < 4.78 is 23.5. The maximum Gasteiger partial charge on any atom is 0.194 e. The van der Waals surface area contributed by atoms with Crippen LogP contribution in [0.5, 0.6) is 0 Å². The predicted octanol–water partition coefficient (Wildman–Crippen LogP) is 11.8. The van der Waals surface area contributed by atoms with Gasteiger partial charge in [0.25, 0.3) is 0 Å². The highest BCUT2D eigenvalue weighted by molar-refractivity contribution is 7.34. The summed E-state index contributed by atoms with van der Waals surface area (Å²) in [5.74, 6) is -0.693. The predicted molar refractivity (Wildman–Crippen MR) is 244 cm³/mol. The van der Waals surface area contributed by atoms with Crippen LogP contribution in [0.25, 0.3) is 0 Å². The van der Waals surface area contributed by atoms with Gasteiger partial charge < -0.3 is 0 Å². The Balaban J connectivity index is 0.000000228. The van der Waals surface area contributed by atoms with E-state index in [0.717, 1.165) is 66.8 Å². The second-order valence-corrected chi connectivity index (χ2v) is 17.4. The zero-order chi connectivity index (χ0) is 44.3. The first kappa shape index (κ1) is 45.3. The summed E-state index contributed by atoms with van der Waals surface area (Å²) in [7, 11) is -0.499. The van der Waals surface area contributed by atoms with E-state index in [1.165, 1.54) is 0 Å². The van der Waals surface area contributed by atoms with Gasteiger partial charge in [0.15, 0.2) is 40.1 Å². The van der Waals surface area contributed by atoms with Crippen molar-refractivity contribution in [3.63, 3.8) is 0 Å². The maximum atomic E-state index is 13.4. The van der Waals surface area contributed by atoms with Crippen molar-refractivity contribution < 1.29 is 28.3 Å². The lowest BCUT2D eigenvalue weighted by Gasteiger charge is -2.14. The van der Waals surface area contributed by atoms with Crippen LogP contribution in [0.15, 0.2) is 84.9 Å². The van der Waals surface area contributed by atoms with Crippen LogP contribution in [0.1, 0.15) is 130 Å². The Bertz CT molecular complexity index is 2510. The summed E-state index contributed by atoms with van der Waals surface area (Å²) in [5, 5.41) is 0.765. The summed E-state index contributed by atoms with van der Waals surface area (Å²) >= 11 is 0. The molecule has 0 amide bonds. The van der Waals surface area contributed by atoms with E-state index in [4.69, 9.17) is 0 Å². The minimum Gasteiger partial charge on any atom is -0.289 e. The van der Waals surface area contributed by atoms with Crippen LogP contribution >= 0.6 is 16.9 Å². The molecule has 6 rings (SSSR count). The molecule has 0 aliphatic rings. The van der Waals surface area contributed by atoms with E-state index in [9.17, 15) is 28.3 Å². The third-order valence-corrected chi connectivity index (χ3v) is 12.0. The largest absolute Gasteiger partial charge is 0.289 e. The molecular formula is C52H50O6P2. The van der Waals surface area contributed by atoms with E-state index in [2.05, 4.69) is 0 Å². The molecule has 6 aromatic carbocycles. The molecule has 0 unspecified atom stereocenters. The van der Waals surface area contributed by atoms with Gasteiger partial charge in [0.05, 0.1) is 10.6 Å². The average molecular weight is 833 g/mol. The minimum absolute atomic E-state index is 0.134. The summed E-state index contributed by atoms with van der Waals surface area (Å²) in [6.45, 7) is 23.2. The van der Waals surface area contributed by atoms with Crippen LogP contribution in [-0.2, 0) is 9.13 Å². The number of aryl methyl sites for hydroxylation is 12. The highest BCUT2D eigenvalue weighted by Crippen LogP contribution is 2.27. The zero-order valence-electron chi connectivity index (χ0n) is 36.4. The molecule has 0 saturated carbocycles. The number of benzene rings is 6. The van der Waals surface area contributed by atoms with Crippen molar-refractivity contribution in [1.29, 1.82) is 0 Å². The van der Waals surface area contributed by atoms with Crippen molar-refractivity contribution in [2.24, 2.45) is 0 Å². The van der Waals surface area contributed by atoms with Crippen molar-refractivity contribution in [3.05, 3.63) is 196 Å². The SMILES string of the molecule is Cc1cc(C)c(C(=O)c2ccc(P=O)c(C(=O)c3c(C)cc(C)cc3C)c2)c(C)c1.Cc1cc(C)c(C(=O)c2ccc(P=O)c(C(=O)c3c(C)cc(C)cc3C)c2)c(C)c1. The number of hydrogen-bond donors (Lipinski definition) is 0. The van der Waals surface area contributed by atoms with E-state index >= 15 is 0 Å². The van der Waals surface area contributed by atoms with E-state index in [1.54, 1.807) is 36.4 Å². The molecule has 6 nitrogen and oxygen atoms in total. The first-order valence-corrected chi connectivity index (χ1v) is 21.3. The van der Waals surface area contributed by atoms with Crippen molar-refractivity contribution in [1.82, 2.24) is 0 Å². The molecular weight excluding hydrogens is 783 g/mol.